The largest absolute Gasteiger partial charge is 0.295 e. The van der Waals surface area contributed by atoms with Crippen molar-refractivity contribution in [3.8, 4) is 0 Å². The number of para-hydroxylation sites is 1. The monoisotopic (exact) mass is 204 g/mol. The van der Waals surface area contributed by atoms with E-state index in [1.807, 2.05) is 0 Å². The van der Waals surface area contributed by atoms with E-state index in [0.717, 1.165) is 0 Å². The molecule has 0 saturated carbocycles. The highest BCUT2D eigenvalue weighted by atomic mass is 15.9. The Morgan fingerprint density at radius 3 is 2.40 bits per heavy atom. The number of benzene rings is 1. The van der Waals surface area contributed by atoms with E-state index < -0.39 is 0 Å². The molecular formula is C12H18N3+. The molecule has 2 fully saturated rings. The molecule has 3 rings (SSSR count). The molecule has 2 heterocycles. The molecule has 0 unspecified atom stereocenters. The molecule has 0 aromatic heterocycles. The molecule has 3 heteroatoms. The van der Waals surface area contributed by atoms with Crippen molar-refractivity contribution in [3.05, 3.63) is 30.3 Å². The normalized spacial score (nSPS) is 24.5. The average Bonchev–Trinajstić information content (AvgIpc) is 2.99. The summed E-state index contributed by atoms with van der Waals surface area (Å²) in [5.41, 5.74) is 1.38. The van der Waals surface area contributed by atoms with Crippen molar-refractivity contribution in [2.24, 2.45) is 0 Å². The summed E-state index contributed by atoms with van der Waals surface area (Å²) in [5.74, 6) is 0. The second kappa shape index (κ2) is 3.22. The molecule has 1 spiro atoms. The zero-order valence-electron chi connectivity index (χ0n) is 9.26. The van der Waals surface area contributed by atoms with Gasteiger partial charge in [0.15, 0.2) is 0 Å². The summed E-state index contributed by atoms with van der Waals surface area (Å²) in [7, 11) is 2.21. The molecule has 80 valence electrons. The van der Waals surface area contributed by atoms with Crippen LogP contribution < -0.4 is 5.01 Å². The number of hydrogen-bond donors (Lipinski definition) is 0. The lowest BCUT2D eigenvalue weighted by molar-refractivity contribution is -0.811. The summed E-state index contributed by atoms with van der Waals surface area (Å²) < 4.78 is 1.19. The van der Waals surface area contributed by atoms with Crippen LogP contribution in [0.5, 0.6) is 0 Å². The van der Waals surface area contributed by atoms with Crippen LogP contribution in [0.3, 0.4) is 0 Å². The lowest BCUT2D eigenvalue weighted by atomic mass is 10.3. The van der Waals surface area contributed by atoms with Gasteiger partial charge in [-0.15, -0.1) is 0 Å². The second-order valence-electron chi connectivity index (χ2n) is 4.72. The van der Waals surface area contributed by atoms with E-state index >= 15 is 0 Å². The molecule has 0 aliphatic carbocycles. The maximum absolute atomic E-state index is 2.51. The Morgan fingerprint density at radius 1 is 1.07 bits per heavy atom. The Bertz CT molecular complexity index is 341. The van der Waals surface area contributed by atoms with Crippen molar-refractivity contribution >= 4 is 5.69 Å². The van der Waals surface area contributed by atoms with Crippen molar-refractivity contribution in [3.63, 3.8) is 0 Å². The van der Waals surface area contributed by atoms with Crippen LogP contribution in [0, 0.1) is 0 Å². The molecule has 2 aliphatic rings. The highest BCUT2D eigenvalue weighted by molar-refractivity contribution is 5.45. The van der Waals surface area contributed by atoms with E-state index in [2.05, 4.69) is 47.3 Å². The lowest BCUT2D eigenvalue weighted by Gasteiger charge is -2.29. The number of hydrogen-bond acceptors (Lipinski definition) is 2. The molecule has 0 radical (unpaired) electrons. The van der Waals surface area contributed by atoms with Crippen LogP contribution in [-0.2, 0) is 0 Å². The van der Waals surface area contributed by atoms with Crippen LogP contribution in [-0.4, -0.2) is 49.4 Å². The van der Waals surface area contributed by atoms with E-state index in [9.17, 15) is 0 Å². The second-order valence-corrected chi connectivity index (χ2v) is 4.72. The fraction of sp³-hybridized carbons (Fsp3) is 0.500. The van der Waals surface area contributed by atoms with Gasteiger partial charge in [0, 0.05) is 13.1 Å². The molecule has 0 amide bonds. The minimum atomic E-state index is 1.19. The van der Waals surface area contributed by atoms with Crippen LogP contribution >= 0.6 is 0 Å². The van der Waals surface area contributed by atoms with Crippen LogP contribution in [0.2, 0.25) is 0 Å². The number of nitrogens with zero attached hydrogens (tertiary/aromatic N) is 3. The van der Waals surface area contributed by atoms with Gasteiger partial charge in [0.2, 0.25) is 6.67 Å². The summed E-state index contributed by atoms with van der Waals surface area (Å²) >= 11 is 0. The number of likely N-dealkylation sites (N-methyl/N-ethyl adjacent to an activating group) is 1. The molecule has 1 aromatic carbocycles. The van der Waals surface area contributed by atoms with Crippen molar-refractivity contribution in [2.75, 3.05) is 44.9 Å². The van der Waals surface area contributed by atoms with Gasteiger partial charge in [0.05, 0.1) is 5.69 Å². The Balaban J connectivity index is 1.73. The summed E-state index contributed by atoms with van der Waals surface area (Å²) in [6.45, 7) is 6.20. The van der Waals surface area contributed by atoms with Gasteiger partial charge < -0.3 is 0 Å². The zero-order valence-corrected chi connectivity index (χ0v) is 9.26. The smallest absolute Gasteiger partial charge is 0.220 e. The fourth-order valence-corrected chi connectivity index (χ4v) is 2.47. The Hall–Kier alpha value is -1.06. The van der Waals surface area contributed by atoms with Crippen molar-refractivity contribution in [1.82, 2.24) is 4.90 Å². The van der Waals surface area contributed by atoms with Crippen molar-refractivity contribution in [2.45, 2.75) is 0 Å². The predicted octanol–water partition coefficient (Wildman–Crippen LogP) is 1.14. The molecule has 1 aromatic rings. The van der Waals surface area contributed by atoms with Gasteiger partial charge in [-0.05, 0) is 19.2 Å². The first-order valence-electron chi connectivity index (χ1n) is 5.68. The molecule has 15 heavy (non-hydrogen) atoms. The van der Waals surface area contributed by atoms with Gasteiger partial charge >= 0.3 is 0 Å². The van der Waals surface area contributed by atoms with E-state index in [4.69, 9.17) is 0 Å². The Labute approximate surface area is 91.1 Å². The average molecular weight is 204 g/mol. The maximum Gasteiger partial charge on any atom is 0.220 e. The van der Waals surface area contributed by atoms with Crippen LogP contribution in [0.4, 0.5) is 5.69 Å². The number of anilines is 1. The first kappa shape index (κ1) is 9.19. The Morgan fingerprint density at radius 2 is 1.73 bits per heavy atom. The molecule has 2 saturated heterocycles. The predicted molar refractivity (Wildman–Crippen MR) is 61.3 cm³/mol. The molecule has 3 nitrogen and oxygen atoms in total. The summed E-state index contributed by atoms with van der Waals surface area (Å²) in [6, 6.07) is 10.8. The number of rotatable bonds is 1. The topological polar surface area (TPSA) is 6.25 Å². The summed E-state index contributed by atoms with van der Waals surface area (Å²) in [4.78, 5) is 2.42. The quantitative estimate of drug-likeness (QED) is 0.500. The van der Waals surface area contributed by atoms with Crippen LogP contribution in [0.15, 0.2) is 30.3 Å². The highest BCUT2D eigenvalue weighted by Crippen LogP contribution is 2.36. The lowest BCUT2D eigenvalue weighted by Crippen LogP contribution is -2.48. The van der Waals surface area contributed by atoms with E-state index in [0.29, 0.717) is 0 Å². The number of quaternary nitrogens is 1. The third-order valence-corrected chi connectivity index (χ3v) is 3.67. The van der Waals surface area contributed by atoms with Gasteiger partial charge in [0.25, 0.3) is 0 Å². The maximum atomic E-state index is 2.51. The SMILES string of the molecule is CN1CC[N+]2(CC1)CN2c1ccccc1. The van der Waals surface area contributed by atoms with Crippen LogP contribution in [0.25, 0.3) is 0 Å². The van der Waals surface area contributed by atoms with E-state index in [-0.39, 0.29) is 0 Å². The summed E-state index contributed by atoms with van der Waals surface area (Å²) in [6.07, 6.45) is 0. The van der Waals surface area contributed by atoms with Gasteiger partial charge in [0.1, 0.15) is 13.1 Å². The standard InChI is InChI=1S/C12H18N3/c1-13-7-9-15(10-8-13)11-14(15)12-5-3-2-4-6-12/h2-6H,7-11H2,1H3/q+1. The fourth-order valence-electron chi connectivity index (χ4n) is 2.47. The van der Waals surface area contributed by atoms with E-state index in [1.165, 1.54) is 43.1 Å². The van der Waals surface area contributed by atoms with Gasteiger partial charge in [-0.3, -0.25) is 4.90 Å². The van der Waals surface area contributed by atoms with Crippen molar-refractivity contribution < 1.29 is 4.59 Å². The minimum Gasteiger partial charge on any atom is -0.295 e. The molecule has 0 N–H and O–H groups in total. The first-order chi connectivity index (χ1) is 7.30. The van der Waals surface area contributed by atoms with Crippen molar-refractivity contribution in [1.29, 1.82) is 0 Å². The van der Waals surface area contributed by atoms with Gasteiger partial charge in [-0.2, -0.15) is 9.60 Å². The van der Waals surface area contributed by atoms with E-state index in [1.54, 1.807) is 0 Å². The molecular weight excluding hydrogens is 186 g/mol. The van der Waals surface area contributed by atoms with Gasteiger partial charge in [-0.25, -0.2) is 0 Å². The third kappa shape index (κ3) is 1.52. The molecule has 0 atom stereocenters. The third-order valence-electron chi connectivity index (χ3n) is 3.67. The highest BCUT2D eigenvalue weighted by Gasteiger charge is 2.54. The molecule has 0 bridgehead atoms. The zero-order chi connectivity index (χ0) is 10.3. The molecule has 2 aliphatic heterocycles. The number of piperazine rings is 1. The van der Waals surface area contributed by atoms with Crippen LogP contribution in [0.1, 0.15) is 0 Å². The summed E-state index contributed by atoms with van der Waals surface area (Å²) in [5, 5.41) is 2.51. The Kier molecular flexibility index (Phi) is 1.97. The minimum absolute atomic E-state index is 1.19. The first-order valence-corrected chi connectivity index (χ1v) is 5.68. The van der Waals surface area contributed by atoms with Gasteiger partial charge in [-0.1, -0.05) is 18.2 Å².